The maximum Gasteiger partial charge on any atom is 0.573 e. The van der Waals surface area contributed by atoms with Gasteiger partial charge in [0, 0.05) is 5.39 Å². The van der Waals surface area contributed by atoms with E-state index in [1.165, 1.54) is 43.9 Å². The molecular weight excluding hydrogens is 356 g/mol. The van der Waals surface area contributed by atoms with Crippen LogP contribution in [0.4, 0.5) is 17.6 Å². The van der Waals surface area contributed by atoms with E-state index >= 15 is 0 Å². The number of fused-ring (bicyclic) bond motifs is 2. The molecule has 0 aliphatic heterocycles. The zero-order valence-electron chi connectivity index (χ0n) is 15.4. The summed E-state index contributed by atoms with van der Waals surface area (Å²) >= 11 is 0. The fourth-order valence-corrected chi connectivity index (χ4v) is 5.17. The minimum atomic E-state index is -4.78. The zero-order valence-corrected chi connectivity index (χ0v) is 15.4. The highest BCUT2D eigenvalue weighted by molar-refractivity contribution is 5.85. The molecule has 4 atom stereocenters. The highest BCUT2D eigenvalue weighted by atomic mass is 19.4. The molecule has 1 nitrogen and oxygen atoms in total. The number of ether oxygens (including phenoxy) is 1. The molecule has 2 aliphatic carbocycles. The summed E-state index contributed by atoms with van der Waals surface area (Å²) in [5, 5.41) is 0.791. The Morgan fingerprint density at radius 3 is 2.44 bits per heavy atom. The third-order valence-electron chi connectivity index (χ3n) is 6.48. The quantitative estimate of drug-likeness (QED) is 0.501. The van der Waals surface area contributed by atoms with Crippen LogP contribution in [0.1, 0.15) is 56.9 Å². The molecule has 2 unspecified atom stereocenters. The monoisotopic (exact) mass is 380 g/mol. The van der Waals surface area contributed by atoms with Gasteiger partial charge in [0.2, 0.25) is 0 Å². The van der Waals surface area contributed by atoms with Gasteiger partial charge in [0.25, 0.3) is 0 Å². The largest absolute Gasteiger partial charge is 0.573 e. The predicted molar refractivity (Wildman–Crippen MR) is 97.2 cm³/mol. The van der Waals surface area contributed by atoms with Gasteiger partial charge < -0.3 is 4.74 Å². The van der Waals surface area contributed by atoms with E-state index in [1.54, 1.807) is 0 Å². The molecule has 0 spiro atoms. The Hall–Kier alpha value is -1.78. The maximum atomic E-state index is 14.7. The summed E-state index contributed by atoms with van der Waals surface area (Å²) in [5.41, 5.74) is 0.974. The summed E-state index contributed by atoms with van der Waals surface area (Å²) in [4.78, 5) is 0. The molecule has 2 aromatic carbocycles. The van der Waals surface area contributed by atoms with Crippen LogP contribution in [0.5, 0.6) is 5.75 Å². The van der Waals surface area contributed by atoms with Crippen LogP contribution in [0.25, 0.3) is 10.8 Å². The molecule has 27 heavy (non-hydrogen) atoms. The third kappa shape index (κ3) is 4.07. The van der Waals surface area contributed by atoms with Crippen molar-refractivity contribution in [1.29, 1.82) is 0 Å². The lowest BCUT2D eigenvalue weighted by Crippen LogP contribution is -2.29. The van der Waals surface area contributed by atoms with Crippen molar-refractivity contribution < 1.29 is 22.3 Å². The molecule has 2 aromatic rings. The van der Waals surface area contributed by atoms with Crippen molar-refractivity contribution in [3.63, 3.8) is 0 Å². The minimum absolute atomic E-state index is 0.167. The van der Waals surface area contributed by atoms with E-state index in [-0.39, 0.29) is 5.39 Å². The fraction of sp³-hybridized carbons (Fsp3) is 0.545. The number of alkyl halides is 3. The number of benzene rings is 2. The average Bonchev–Trinajstić information content (AvgIpc) is 2.60. The van der Waals surface area contributed by atoms with Crippen LogP contribution in [0, 0.1) is 23.6 Å². The van der Waals surface area contributed by atoms with Crippen LogP contribution in [-0.2, 0) is 0 Å². The second-order valence-corrected chi connectivity index (χ2v) is 8.38. The standard InChI is InChI=1S/C22H24F4O/c1-13-2-3-15-9-16(5-4-14(15)8-13)18-10-17-6-7-19(27-22(24,25)26)12-20(17)21(23)11-18/h6-7,10-16H,2-5,8-9H2,1H3/t13-,14?,15-,16?/m1/s1. The fourth-order valence-electron chi connectivity index (χ4n) is 5.17. The first kappa shape index (κ1) is 18.6. The Kier molecular flexibility index (Phi) is 4.81. The first-order chi connectivity index (χ1) is 12.8. The number of hydrogen-bond acceptors (Lipinski definition) is 1. The summed E-state index contributed by atoms with van der Waals surface area (Å²) in [6.07, 6.45) is 2.42. The van der Waals surface area contributed by atoms with Gasteiger partial charge in [-0.2, -0.15) is 0 Å². The first-order valence-electron chi connectivity index (χ1n) is 9.77. The van der Waals surface area contributed by atoms with Crippen molar-refractivity contribution in [2.45, 2.75) is 57.7 Å². The lowest BCUT2D eigenvalue weighted by molar-refractivity contribution is -0.274. The van der Waals surface area contributed by atoms with E-state index in [2.05, 4.69) is 11.7 Å². The molecule has 0 heterocycles. The summed E-state index contributed by atoms with van der Waals surface area (Å²) in [6, 6.07) is 7.33. The highest BCUT2D eigenvalue weighted by Gasteiger charge is 2.35. The van der Waals surface area contributed by atoms with Crippen LogP contribution in [0.15, 0.2) is 30.3 Å². The van der Waals surface area contributed by atoms with Crippen LogP contribution >= 0.6 is 0 Å². The molecule has 146 valence electrons. The van der Waals surface area contributed by atoms with Gasteiger partial charge in [0.05, 0.1) is 0 Å². The Morgan fingerprint density at radius 1 is 0.926 bits per heavy atom. The van der Waals surface area contributed by atoms with Gasteiger partial charge in [-0.05, 0) is 84.9 Å². The molecule has 0 radical (unpaired) electrons. The molecule has 4 rings (SSSR count). The molecule has 0 bridgehead atoms. The summed E-state index contributed by atoms with van der Waals surface area (Å²) in [7, 11) is 0. The SMILES string of the molecule is C[C@@H]1CC[C@@H]2CC(c3cc(F)c4cc(OC(F)(F)F)ccc4c3)CCC2C1. The predicted octanol–water partition coefficient (Wildman–Crippen LogP) is 7.20. The van der Waals surface area contributed by atoms with Gasteiger partial charge in [-0.1, -0.05) is 25.5 Å². The third-order valence-corrected chi connectivity index (χ3v) is 6.48. The lowest BCUT2D eigenvalue weighted by atomic mass is 9.64. The molecule has 0 amide bonds. The number of hydrogen-bond donors (Lipinski definition) is 0. The second-order valence-electron chi connectivity index (χ2n) is 8.38. The normalized spacial score (nSPS) is 28.8. The van der Waals surface area contributed by atoms with E-state index in [0.29, 0.717) is 11.3 Å². The molecule has 2 aliphatic rings. The van der Waals surface area contributed by atoms with Gasteiger partial charge in [-0.3, -0.25) is 0 Å². The van der Waals surface area contributed by atoms with Crippen LogP contribution < -0.4 is 4.74 Å². The Balaban J connectivity index is 1.57. The molecule has 0 saturated heterocycles. The van der Waals surface area contributed by atoms with Crippen molar-refractivity contribution in [3.8, 4) is 5.75 Å². The first-order valence-corrected chi connectivity index (χ1v) is 9.77. The van der Waals surface area contributed by atoms with Crippen molar-refractivity contribution in [1.82, 2.24) is 0 Å². The number of halogens is 4. The van der Waals surface area contributed by atoms with Gasteiger partial charge in [-0.25, -0.2) is 4.39 Å². The van der Waals surface area contributed by atoms with Gasteiger partial charge in [0.1, 0.15) is 11.6 Å². The summed E-state index contributed by atoms with van der Waals surface area (Å²) in [6.45, 7) is 2.33. The Bertz CT molecular complexity index is 829. The summed E-state index contributed by atoms with van der Waals surface area (Å²) in [5.74, 6) is 1.81. The lowest BCUT2D eigenvalue weighted by Gasteiger charge is -2.41. The molecule has 5 heteroatoms. The summed E-state index contributed by atoms with van der Waals surface area (Å²) < 4.78 is 55.8. The molecular formula is C22H24F4O. The van der Waals surface area contributed by atoms with Crippen LogP contribution in [0.2, 0.25) is 0 Å². The van der Waals surface area contributed by atoms with Gasteiger partial charge >= 0.3 is 6.36 Å². The van der Waals surface area contributed by atoms with Crippen molar-refractivity contribution in [2.75, 3.05) is 0 Å². The van der Waals surface area contributed by atoms with E-state index in [4.69, 9.17) is 0 Å². The molecule has 2 saturated carbocycles. The molecule has 2 fully saturated rings. The molecule has 0 aromatic heterocycles. The molecule has 0 N–H and O–H groups in total. The van der Waals surface area contributed by atoms with Crippen LogP contribution in [0.3, 0.4) is 0 Å². The minimum Gasteiger partial charge on any atom is -0.406 e. The van der Waals surface area contributed by atoms with E-state index < -0.39 is 17.9 Å². The smallest absolute Gasteiger partial charge is 0.406 e. The number of rotatable bonds is 2. The van der Waals surface area contributed by atoms with E-state index in [1.807, 2.05) is 6.07 Å². The zero-order chi connectivity index (χ0) is 19.2. The average molecular weight is 380 g/mol. The highest BCUT2D eigenvalue weighted by Crippen LogP contribution is 2.48. The van der Waals surface area contributed by atoms with Crippen molar-refractivity contribution >= 4 is 10.8 Å². The van der Waals surface area contributed by atoms with E-state index in [0.717, 1.165) is 42.2 Å². The Labute approximate surface area is 156 Å². The maximum absolute atomic E-state index is 14.7. The van der Waals surface area contributed by atoms with Crippen LogP contribution in [-0.4, -0.2) is 6.36 Å². The van der Waals surface area contributed by atoms with Gasteiger partial charge in [0.15, 0.2) is 0 Å². The Morgan fingerprint density at radius 2 is 1.67 bits per heavy atom. The second kappa shape index (κ2) is 6.99. The van der Waals surface area contributed by atoms with Gasteiger partial charge in [-0.15, -0.1) is 13.2 Å². The van der Waals surface area contributed by atoms with Crippen molar-refractivity contribution in [2.24, 2.45) is 17.8 Å². The topological polar surface area (TPSA) is 9.23 Å². The van der Waals surface area contributed by atoms with E-state index in [9.17, 15) is 17.6 Å². The van der Waals surface area contributed by atoms with Crippen molar-refractivity contribution in [3.05, 3.63) is 41.7 Å².